The van der Waals surface area contributed by atoms with E-state index in [1.807, 2.05) is 24.3 Å². The van der Waals surface area contributed by atoms with Crippen molar-refractivity contribution >= 4 is 35.4 Å². The van der Waals surface area contributed by atoms with Crippen molar-refractivity contribution in [3.05, 3.63) is 77.1 Å². The molecule has 2 aromatic carbocycles. The van der Waals surface area contributed by atoms with Gasteiger partial charge in [0.1, 0.15) is 24.8 Å². The molecule has 3 rings (SSSR count). The zero-order valence-electron chi connectivity index (χ0n) is 36.8. The molecule has 0 atom stereocenters. The Bertz CT molecular complexity index is 1770. The standard InChI is InChI=1S/C49H65FO11/c1-8-11-12-15-34-18-20-36(21-19-34)37-22-23-41(42(50)28-37)40-26-38(16-13-24-57-46(53)32(4)5)45(39(27-40)17-14-25-58-47(54)33(6)7)59-29-35(30-60-48(55)43(51)9-2)31-61-49(56)44(52)10-3/h22-23,26-28,34-36H,4,6,8-21,24-25,29-31H2,1-3,5,7H3. The van der Waals surface area contributed by atoms with Gasteiger partial charge >= 0.3 is 23.9 Å². The molecule has 0 spiro atoms. The Morgan fingerprint density at radius 1 is 0.672 bits per heavy atom. The van der Waals surface area contributed by atoms with Crippen LogP contribution in [0.3, 0.4) is 0 Å². The smallest absolute Gasteiger partial charge is 0.374 e. The molecular formula is C49H65FO11. The Morgan fingerprint density at radius 2 is 1.20 bits per heavy atom. The van der Waals surface area contributed by atoms with E-state index in [-0.39, 0.29) is 62.8 Å². The summed E-state index contributed by atoms with van der Waals surface area (Å²) >= 11 is 0. The minimum atomic E-state index is -1.05. The number of aryl methyl sites for hydroxylation is 2. The van der Waals surface area contributed by atoms with E-state index in [0.717, 1.165) is 37.2 Å². The fourth-order valence-corrected chi connectivity index (χ4v) is 7.24. The normalized spacial score (nSPS) is 14.8. The fourth-order valence-electron chi connectivity index (χ4n) is 7.24. The van der Waals surface area contributed by atoms with Gasteiger partial charge in [-0.3, -0.25) is 9.59 Å². The second-order valence-electron chi connectivity index (χ2n) is 16.0. The molecule has 2 aromatic rings. The highest BCUT2D eigenvalue weighted by atomic mass is 19.1. The van der Waals surface area contributed by atoms with E-state index in [9.17, 15) is 28.8 Å². The van der Waals surface area contributed by atoms with Crippen LogP contribution < -0.4 is 4.74 Å². The van der Waals surface area contributed by atoms with Gasteiger partial charge in [-0.1, -0.05) is 71.7 Å². The molecule has 12 heteroatoms. The third-order valence-electron chi connectivity index (χ3n) is 10.9. The molecular weight excluding hydrogens is 784 g/mol. The molecule has 0 bridgehead atoms. The lowest BCUT2D eigenvalue weighted by Gasteiger charge is -2.29. The van der Waals surface area contributed by atoms with Crippen molar-refractivity contribution in [2.75, 3.05) is 33.0 Å². The number of hydrogen-bond acceptors (Lipinski definition) is 11. The number of rotatable bonds is 27. The summed E-state index contributed by atoms with van der Waals surface area (Å²) in [6.07, 6.45) is 10.6. The number of halogens is 1. The summed E-state index contributed by atoms with van der Waals surface area (Å²) in [6, 6.07) is 9.13. The molecule has 1 aliphatic rings. The maximum absolute atomic E-state index is 16.3. The molecule has 0 aliphatic heterocycles. The van der Waals surface area contributed by atoms with Gasteiger partial charge in [-0.25, -0.2) is 23.6 Å². The minimum Gasteiger partial charge on any atom is -0.492 e. The number of carbonyl (C=O) groups excluding carboxylic acids is 6. The van der Waals surface area contributed by atoms with E-state index >= 15 is 4.39 Å². The van der Waals surface area contributed by atoms with Crippen LogP contribution in [0.1, 0.15) is 134 Å². The van der Waals surface area contributed by atoms with E-state index in [1.54, 1.807) is 19.9 Å². The van der Waals surface area contributed by atoms with Crippen molar-refractivity contribution in [1.82, 2.24) is 0 Å². The van der Waals surface area contributed by atoms with Crippen molar-refractivity contribution in [3.8, 4) is 16.9 Å². The van der Waals surface area contributed by atoms with Crippen LogP contribution >= 0.6 is 0 Å². The van der Waals surface area contributed by atoms with Gasteiger partial charge in [0.05, 0.1) is 25.7 Å². The first-order chi connectivity index (χ1) is 29.2. The molecule has 0 amide bonds. The third kappa shape index (κ3) is 16.7. The number of ether oxygens (including phenoxy) is 5. The second kappa shape index (κ2) is 26.3. The van der Waals surface area contributed by atoms with Crippen molar-refractivity contribution < 1.29 is 56.8 Å². The predicted octanol–water partition coefficient (Wildman–Crippen LogP) is 9.49. The number of carbonyl (C=O) groups is 6. The molecule has 334 valence electrons. The van der Waals surface area contributed by atoms with Crippen molar-refractivity contribution in [3.63, 3.8) is 0 Å². The highest BCUT2D eigenvalue weighted by molar-refractivity contribution is 6.33. The van der Waals surface area contributed by atoms with E-state index in [4.69, 9.17) is 23.7 Å². The van der Waals surface area contributed by atoms with Crippen LogP contribution in [0.15, 0.2) is 54.6 Å². The number of ketones is 2. The molecule has 0 aromatic heterocycles. The van der Waals surface area contributed by atoms with Gasteiger partial charge < -0.3 is 23.7 Å². The average Bonchev–Trinajstić information content (AvgIpc) is 3.25. The van der Waals surface area contributed by atoms with E-state index in [1.165, 1.54) is 39.5 Å². The minimum absolute atomic E-state index is 0.0636. The number of unbranched alkanes of at least 4 members (excludes halogenated alkanes) is 2. The van der Waals surface area contributed by atoms with Crippen molar-refractivity contribution in [1.29, 1.82) is 0 Å². The number of esters is 4. The van der Waals surface area contributed by atoms with E-state index < -0.39 is 41.4 Å². The summed E-state index contributed by atoms with van der Waals surface area (Å²) in [6.45, 7) is 14.9. The van der Waals surface area contributed by atoms with Gasteiger partial charge in [-0.2, -0.15) is 0 Å². The molecule has 0 N–H and O–H groups in total. The zero-order valence-corrected chi connectivity index (χ0v) is 36.8. The first-order valence-corrected chi connectivity index (χ1v) is 21.8. The monoisotopic (exact) mass is 848 g/mol. The first-order valence-electron chi connectivity index (χ1n) is 21.8. The molecule has 0 unspecified atom stereocenters. The van der Waals surface area contributed by atoms with Gasteiger partial charge in [0.2, 0.25) is 11.6 Å². The Balaban J connectivity index is 2.01. The highest BCUT2D eigenvalue weighted by Crippen LogP contribution is 2.40. The van der Waals surface area contributed by atoms with E-state index in [2.05, 4.69) is 20.1 Å². The molecule has 1 aliphatic carbocycles. The molecule has 0 heterocycles. The molecule has 1 fully saturated rings. The van der Waals surface area contributed by atoms with Crippen LogP contribution in [-0.4, -0.2) is 68.5 Å². The lowest BCUT2D eigenvalue weighted by Crippen LogP contribution is -2.29. The van der Waals surface area contributed by atoms with Gasteiger partial charge in [0.15, 0.2) is 0 Å². The van der Waals surface area contributed by atoms with Crippen LogP contribution in [0.2, 0.25) is 0 Å². The molecule has 11 nitrogen and oxygen atoms in total. The summed E-state index contributed by atoms with van der Waals surface area (Å²) in [5, 5.41) is 0. The maximum Gasteiger partial charge on any atom is 0.374 e. The number of hydrogen-bond donors (Lipinski definition) is 0. The second-order valence-corrected chi connectivity index (χ2v) is 16.0. The molecule has 61 heavy (non-hydrogen) atoms. The topological polar surface area (TPSA) is 149 Å². The summed E-state index contributed by atoms with van der Waals surface area (Å²) < 4.78 is 44.0. The number of Topliss-reactive ketones (excluding diaryl/α,β-unsaturated/α-hetero) is 2. The number of benzene rings is 2. The Morgan fingerprint density at radius 3 is 1.66 bits per heavy atom. The Kier molecular flexibility index (Phi) is 21.6. The summed E-state index contributed by atoms with van der Waals surface area (Å²) in [7, 11) is 0. The Hall–Kier alpha value is -5.13. The SMILES string of the molecule is C=C(C)C(=O)OCCCc1cc(-c2ccc(C3CCC(CCCCC)CC3)cc2F)cc(CCCOC(=O)C(=C)C)c1OCC(COC(=O)C(=O)CC)COC(=O)C(=O)CC. The lowest BCUT2D eigenvalue weighted by atomic mass is 9.77. The van der Waals surface area contributed by atoms with Crippen LogP contribution in [0, 0.1) is 17.7 Å². The quantitative estimate of drug-likeness (QED) is 0.0278. The average molecular weight is 849 g/mol. The predicted molar refractivity (Wildman–Crippen MR) is 230 cm³/mol. The van der Waals surface area contributed by atoms with E-state index in [0.29, 0.717) is 59.6 Å². The van der Waals surface area contributed by atoms with Crippen LogP contribution in [0.4, 0.5) is 4.39 Å². The first kappa shape index (κ1) is 50.2. The highest BCUT2D eigenvalue weighted by Gasteiger charge is 2.25. The largest absolute Gasteiger partial charge is 0.492 e. The molecule has 0 saturated heterocycles. The van der Waals surface area contributed by atoms with Crippen LogP contribution in [-0.2, 0) is 60.6 Å². The van der Waals surface area contributed by atoms with Crippen molar-refractivity contribution in [2.45, 2.75) is 130 Å². The Labute approximate surface area is 360 Å². The van der Waals surface area contributed by atoms with Gasteiger partial charge in [0, 0.05) is 29.6 Å². The zero-order chi connectivity index (χ0) is 44.9. The third-order valence-corrected chi connectivity index (χ3v) is 10.9. The van der Waals surface area contributed by atoms with Gasteiger partial charge in [-0.05, 0) is 118 Å². The molecule has 0 radical (unpaired) electrons. The van der Waals surface area contributed by atoms with Crippen molar-refractivity contribution in [2.24, 2.45) is 11.8 Å². The van der Waals surface area contributed by atoms with Crippen LogP contribution in [0.5, 0.6) is 5.75 Å². The summed E-state index contributed by atoms with van der Waals surface area (Å²) in [5.41, 5.74) is 3.79. The lowest BCUT2D eigenvalue weighted by molar-refractivity contribution is -0.158. The van der Waals surface area contributed by atoms with Crippen LogP contribution in [0.25, 0.3) is 11.1 Å². The fraction of sp³-hybridized carbons (Fsp3) is 0.551. The summed E-state index contributed by atoms with van der Waals surface area (Å²) in [4.78, 5) is 72.9. The maximum atomic E-state index is 16.3. The van der Waals surface area contributed by atoms with Gasteiger partial charge in [0.25, 0.3) is 0 Å². The molecule has 1 saturated carbocycles. The van der Waals surface area contributed by atoms with Gasteiger partial charge in [-0.15, -0.1) is 0 Å². The summed E-state index contributed by atoms with van der Waals surface area (Å²) in [5.74, 6) is -4.35.